The topological polar surface area (TPSA) is 55.6 Å². The molecule has 1 amide bonds. The molecule has 1 rings (SSSR count). The Balaban J connectivity index is 2.96. The second kappa shape index (κ2) is 6.20. The van der Waals surface area contributed by atoms with Crippen molar-refractivity contribution in [3.8, 4) is 5.75 Å². The Labute approximate surface area is 116 Å². The van der Waals surface area contributed by atoms with Crippen molar-refractivity contribution >= 4 is 21.8 Å². The fourth-order valence-corrected chi connectivity index (χ4v) is 1.93. The van der Waals surface area contributed by atoms with Gasteiger partial charge in [-0.15, -0.1) is 0 Å². The van der Waals surface area contributed by atoms with Crippen molar-refractivity contribution in [1.82, 2.24) is 4.90 Å². The fraction of sp³-hybridized carbons (Fsp3) is 0.462. The third-order valence-corrected chi connectivity index (χ3v) is 3.05. The standard InChI is InChI=1S/C13H19BrN2O2/c1-8(15)11-6-5-10(14)7-12(11)18-9(2)13(17)16(3)4/h5-9H,15H2,1-4H3. The molecule has 2 N–H and O–H groups in total. The SMILES string of the molecule is CC(Oc1cc(Br)ccc1C(C)N)C(=O)N(C)C. The molecule has 2 atom stereocenters. The Morgan fingerprint density at radius 1 is 1.39 bits per heavy atom. The summed E-state index contributed by atoms with van der Waals surface area (Å²) in [6, 6.07) is 5.49. The molecule has 0 saturated heterocycles. The predicted molar refractivity (Wildman–Crippen MR) is 75.5 cm³/mol. The number of hydrogen-bond acceptors (Lipinski definition) is 3. The lowest BCUT2D eigenvalue weighted by Gasteiger charge is -2.21. The number of likely N-dealkylation sites (N-methyl/N-ethyl adjacent to an activating group) is 1. The van der Waals surface area contributed by atoms with Gasteiger partial charge in [-0.05, 0) is 26.0 Å². The van der Waals surface area contributed by atoms with Crippen molar-refractivity contribution in [3.63, 3.8) is 0 Å². The molecule has 100 valence electrons. The summed E-state index contributed by atoms with van der Waals surface area (Å²) >= 11 is 3.39. The Morgan fingerprint density at radius 3 is 2.50 bits per heavy atom. The molecular weight excluding hydrogens is 296 g/mol. The van der Waals surface area contributed by atoms with Gasteiger partial charge < -0.3 is 15.4 Å². The van der Waals surface area contributed by atoms with Crippen molar-refractivity contribution in [2.45, 2.75) is 26.0 Å². The number of nitrogens with zero attached hydrogens (tertiary/aromatic N) is 1. The van der Waals surface area contributed by atoms with Crippen LogP contribution in [-0.2, 0) is 4.79 Å². The predicted octanol–water partition coefficient (Wildman–Crippen LogP) is 2.32. The van der Waals surface area contributed by atoms with Crippen molar-refractivity contribution in [2.75, 3.05) is 14.1 Å². The molecule has 0 spiro atoms. The highest BCUT2D eigenvalue weighted by atomic mass is 79.9. The van der Waals surface area contributed by atoms with Crippen LogP contribution in [0.2, 0.25) is 0 Å². The summed E-state index contributed by atoms with van der Waals surface area (Å²) in [6.07, 6.45) is -0.535. The lowest BCUT2D eigenvalue weighted by atomic mass is 10.1. The van der Waals surface area contributed by atoms with E-state index in [0.717, 1.165) is 10.0 Å². The van der Waals surface area contributed by atoms with Crippen molar-refractivity contribution in [2.24, 2.45) is 5.73 Å². The van der Waals surface area contributed by atoms with E-state index in [1.165, 1.54) is 4.90 Å². The number of carbonyl (C=O) groups is 1. The molecule has 0 heterocycles. The van der Waals surface area contributed by atoms with Gasteiger partial charge in [0.05, 0.1) is 0 Å². The summed E-state index contributed by atoms with van der Waals surface area (Å²) in [5.41, 5.74) is 6.77. The maximum absolute atomic E-state index is 11.8. The van der Waals surface area contributed by atoms with Crippen LogP contribution in [0.25, 0.3) is 0 Å². The highest BCUT2D eigenvalue weighted by Crippen LogP contribution is 2.28. The zero-order chi connectivity index (χ0) is 13.9. The van der Waals surface area contributed by atoms with Crippen molar-refractivity contribution in [3.05, 3.63) is 28.2 Å². The maximum Gasteiger partial charge on any atom is 0.262 e. The van der Waals surface area contributed by atoms with Crippen LogP contribution in [0, 0.1) is 0 Å². The first-order chi connectivity index (χ1) is 8.32. The summed E-state index contributed by atoms with van der Waals surface area (Å²) < 4.78 is 6.60. The minimum Gasteiger partial charge on any atom is -0.481 e. The van der Waals surface area contributed by atoms with E-state index < -0.39 is 6.10 Å². The lowest BCUT2D eigenvalue weighted by Crippen LogP contribution is -2.35. The molecule has 0 aliphatic carbocycles. The summed E-state index contributed by atoms with van der Waals surface area (Å²) in [4.78, 5) is 13.3. The molecule has 4 nitrogen and oxygen atoms in total. The number of benzene rings is 1. The molecule has 0 bridgehead atoms. The van der Waals surface area contributed by atoms with Gasteiger partial charge in [-0.1, -0.05) is 22.0 Å². The monoisotopic (exact) mass is 314 g/mol. The van der Waals surface area contributed by atoms with Crippen LogP contribution in [0.5, 0.6) is 5.75 Å². The molecule has 0 saturated carbocycles. The second-order valence-corrected chi connectivity index (χ2v) is 5.38. The van der Waals surface area contributed by atoms with E-state index in [1.807, 2.05) is 25.1 Å². The summed E-state index contributed by atoms with van der Waals surface area (Å²) in [5, 5.41) is 0. The first-order valence-corrected chi connectivity index (χ1v) is 6.55. The zero-order valence-electron chi connectivity index (χ0n) is 11.1. The third-order valence-electron chi connectivity index (χ3n) is 2.56. The van der Waals surface area contributed by atoms with Gasteiger partial charge in [-0.3, -0.25) is 4.79 Å². The Bertz CT molecular complexity index is 433. The smallest absolute Gasteiger partial charge is 0.262 e. The zero-order valence-corrected chi connectivity index (χ0v) is 12.7. The van der Waals surface area contributed by atoms with E-state index in [1.54, 1.807) is 21.0 Å². The van der Waals surface area contributed by atoms with E-state index in [0.29, 0.717) is 5.75 Å². The number of amides is 1. The van der Waals surface area contributed by atoms with Crippen LogP contribution >= 0.6 is 15.9 Å². The molecular formula is C13H19BrN2O2. The Kier molecular flexibility index (Phi) is 5.16. The Morgan fingerprint density at radius 2 is 2.00 bits per heavy atom. The molecule has 1 aromatic carbocycles. The average molecular weight is 315 g/mol. The van der Waals surface area contributed by atoms with Gasteiger partial charge in [0, 0.05) is 30.2 Å². The van der Waals surface area contributed by atoms with Gasteiger partial charge in [0.25, 0.3) is 5.91 Å². The van der Waals surface area contributed by atoms with E-state index in [4.69, 9.17) is 10.5 Å². The molecule has 18 heavy (non-hydrogen) atoms. The maximum atomic E-state index is 11.8. The third kappa shape index (κ3) is 3.71. The summed E-state index contributed by atoms with van der Waals surface area (Å²) in [7, 11) is 3.41. The number of halogens is 1. The minimum atomic E-state index is -0.535. The molecule has 0 radical (unpaired) electrons. The van der Waals surface area contributed by atoms with E-state index in [9.17, 15) is 4.79 Å². The fourth-order valence-electron chi connectivity index (χ4n) is 1.59. The van der Waals surface area contributed by atoms with Gasteiger partial charge in [-0.2, -0.15) is 0 Å². The van der Waals surface area contributed by atoms with Gasteiger partial charge in [-0.25, -0.2) is 0 Å². The first-order valence-electron chi connectivity index (χ1n) is 5.75. The molecule has 0 aliphatic rings. The molecule has 0 aliphatic heterocycles. The summed E-state index contributed by atoms with van der Waals surface area (Å²) in [5.74, 6) is 0.563. The molecule has 1 aromatic rings. The second-order valence-electron chi connectivity index (χ2n) is 4.46. The number of rotatable bonds is 4. The molecule has 5 heteroatoms. The van der Waals surface area contributed by atoms with Crippen molar-refractivity contribution < 1.29 is 9.53 Å². The van der Waals surface area contributed by atoms with Gasteiger partial charge >= 0.3 is 0 Å². The van der Waals surface area contributed by atoms with Crippen LogP contribution in [0.3, 0.4) is 0 Å². The van der Waals surface area contributed by atoms with Crippen LogP contribution < -0.4 is 10.5 Å². The highest BCUT2D eigenvalue weighted by Gasteiger charge is 2.19. The number of carbonyl (C=O) groups excluding carboxylic acids is 1. The number of hydrogen-bond donors (Lipinski definition) is 1. The lowest BCUT2D eigenvalue weighted by molar-refractivity contribution is -0.135. The summed E-state index contributed by atoms with van der Waals surface area (Å²) in [6.45, 7) is 3.61. The van der Waals surface area contributed by atoms with Crippen LogP contribution in [0.4, 0.5) is 0 Å². The van der Waals surface area contributed by atoms with E-state index in [2.05, 4.69) is 15.9 Å². The van der Waals surface area contributed by atoms with Crippen molar-refractivity contribution in [1.29, 1.82) is 0 Å². The average Bonchev–Trinajstić information content (AvgIpc) is 2.27. The van der Waals surface area contributed by atoms with Gasteiger partial charge in [0.1, 0.15) is 5.75 Å². The van der Waals surface area contributed by atoms with Gasteiger partial charge in [0.2, 0.25) is 0 Å². The van der Waals surface area contributed by atoms with Gasteiger partial charge in [0.15, 0.2) is 6.10 Å². The molecule has 2 unspecified atom stereocenters. The largest absolute Gasteiger partial charge is 0.481 e. The molecule has 0 fully saturated rings. The quantitative estimate of drug-likeness (QED) is 0.928. The molecule has 0 aromatic heterocycles. The number of nitrogens with two attached hydrogens (primary N) is 1. The van der Waals surface area contributed by atoms with Crippen LogP contribution in [-0.4, -0.2) is 31.0 Å². The van der Waals surface area contributed by atoms with E-state index >= 15 is 0 Å². The van der Waals surface area contributed by atoms with Crippen LogP contribution in [0.15, 0.2) is 22.7 Å². The Hall–Kier alpha value is -1.07. The number of ether oxygens (including phenoxy) is 1. The van der Waals surface area contributed by atoms with E-state index in [-0.39, 0.29) is 11.9 Å². The van der Waals surface area contributed by atoms with Crippen LogP contribution in [0.1, 0.15) is 25.5 Å². The normalized spacial score (nSPS) is 13.9. The first kappa shape index (κ1) is 15.0. The highest BCUT2D eigenvalue weighted by molar-refractivity contribution is 9.10. The minimum absolute atomic E-state index is 0.0781.